The van der Waals surface area contributed by atoms with Crippen LogP contribution in [0.3, 0.4) is 0 Å². The number of halogens is 1. The molecule has 1 atom stereocenters. The Hall–Kier alpha value is -3.03. The van der Waals surface area contributed by atoms with Gasteiger partial charge in [0.15, 0.2) is 0 Å². The smallest absolute Gasteiger partial charge is 0.318 e. The molecule has 1 saturated heterocycles. The van der Waals surface area contributed by atoms with Crippen molar-refractivity contribution in [2.75, 3.05) is 26.2 Å². The number of benzene rings is 2. The summed E-state index contributed by atoms with van der Waals surface area (Å²) in [5.41, 5.74) is 5.44. The molecule has 0 radical (unpaired) electrons. The molecule has 1 aliphatic heterocycles. The van der Waals surface area contributed by atoms with Gasteiger partial charge in [0.25, 0.3) is 0 Å². The fraction of sp³-hybridized carbons (Fsp3) is 0.360. The van der Waals surface area contributed by atoms with E-state index in [1.807, 2.05) is 29.2 Å². The van der Waals surface area contributed by atoms with E-state index in [9.17, 15) is 4.79 Å². The van der Waals surface area contributed by atoms with Gasteiger partial charge in [0.2, 0.25) is 0 Å². The van der Waals surface area contributed by atoms with E-state index in [0.717, 1.165) is 58.8 Å². The van der Waals surface area contributed by atoms with Gasteiger partial charge in [-0.2, -0.15) is 0 Å². The van der Waals surface area contributed by atoms with Crippen LogP contribution in [0.15, 0.2) is 42.6 Å². The number of hydrogen-bond acceptors (Lipinski definition) is 3. The largest absolute Gasteiger partial charge is 0.361 e. The summed E-state index contributed by atoms with van der Waals surface area (Å²) in [7, 11) is 0. The van der Waals surface area contributed by atoms with Crippen molar-refractivity contribution < 1.29 is 4.79 Å². The van der Waals surface area contributed by atoms with Gasteiger partial charge in [0.1, 0.15) is 5.82 Å². The molecule has 4 aromatic rings. The summed E-state index contributed by atoms with van der Waals surface area (Å²) in [4.78, 5) is 28.7. The Labute approximate surface area is 198 Å². The molecule has 2 aromatic heterocycles. The van der Waals surface area contributed by atoms with E-state index in [1.165, 1.54) is 11.1 Å². The number of hydrogen-bond donors (Lipinski definition) is 3. The van der Waals surface area contributed by atoms with Crippen molar-refractivity contribution >= 4 is 39.6 Å². The number of urea groups is 1. The van der Waals surface area contributed by atoms with E-state index in [-0.39, 0.29) is 12.1 Å². The van der Waals surface area contributed by atoms with Crippen LogP contribution in [0.5, 0.6) is 0 Å². The van der Waals surface area contributed by atoms with Gasteiger partial charge >= 0.3 is 6.03 Å². The van der Waals surface area contributed by atoms with Crippen molar-refractivity contribution in [1.29, 1.82) is 0 Å². The first kappa shape index (κ1) is 21.8. The van der Waals surface area contributed by atoms with Gasteiger partial charge in [-0.3, -0.25) is 4.90 Å². The fourth-order valence-corrected chi connectivity index (χ4v) is 4.72. The van der Waals surface area contributed by atoms with E-state index in [1.54, 1.807) is 0 Å². The maximum atomic E-state index is 13.0. The first-order valence-corrected chi connectivity index (χ1v) is 11.9. The molecular formula is C25H29ClN6O. The molecule has 8 heteroatoms. The number of piperazine rings is 1. The minimum Gasteiger partial charge on any atom is -0.361 e. The summed E-state index contributed by atoms with van der Waals surface area (Å²) in [5, 5.41) is 5.08. The Morgan fingerprint density at radius 3 is 2.76 bits per heavy atom. The second kappa shape index (κ2) is 9.08. The predicted octanol–water partition coefficient (Wildman–Crippen LogP) is 4.98. The van der Waals surface area contributed by atoms with E-state index in [4.69, 9.17) is 16.6 Å². The zero-order valence-electron chi connectivity index (χ0n) is 19.0. The summed E-state index contributed by atoms with van der Waals surface area (Å²) in [6.07, 6.45) is 2.83. The van der Waals surface area contributed by atoms with Gasteiger partial charge in [0.05, 0.1) is 17.1 Å². The van der Waals surface area contributed by atoms with E-state index in [0.29, 0.717) is 13.1 Å². The topological polar surface area (TPSA) is 80.1 Å². The highest BCUT2D eigenvalue weighted by Gasteiger charge is 2.25. The molecule has 3 heterocycles. The zero-order valence-corrected chi connectivity index (χ0v) is 19.7. The lowest BCUT2D eigenvalue weighted by atomic mass is 10.1. The van der Waals surface area contributed by atoms with Crippen molar-refractivity contribution in [2.24, 2.45) is 0 Å². The monoisotopic (exact) mass is 464 g/mol. The molecular weight excluding hydrogens is 436 g/mol. The van der Waals surface area contributed by atoms with Crippen molar-refractivity contribution in [1.82, 2.24) is 30.1 Å². The van der Waals surface area contributed by atoms with E-state index in [2.05, 4.69) is 52.4 Å². The molecule has 3 N–H and O–H groups in total. The van der Waals surface area contributed by atoms with Crippen LogP contribution >= 0.6 is 11.6 Å². The Morgan fingerprint density at radius 1 is 1.15 bits per heavy atom. The summed E-state index contributed by atoms with van der Waals surface area (Å²) in [5.74, 6) is 0.808. The molecule has 2 aromatic carbocycles. The zero-order chi connectivity index (χ0) is 22.9. The molecule has 0 bridgehead atoms. The number of carbonyl (C=O) groups is 1. The van der Waals surface area contributed by atoms with Crippen molar-refractivity contribution in [3.63, 3.8) is 0 Å². The summed E-state index contributed by atoms with van der Waals surface area (Å²) in [6, 6.07) is 11.9. The third-order valence-electron chi connectivity index (χ3n) is 6.47. The Kier molecular flexibility index (Phi) is 6.00. The Balaban J connectivity index is 1.19. The molecule has 7 nitrogen and oxygen atoms in total. The molecule has 172 valence electrons. The van der Waals surface area contributed by atoms with Gasteiger partial charge in [-0.1, -0.05) is 24.6 Å². The van der Waals surface area contributed by atoms with Crippen LogP contribution in [-0.4, -0.2) is 57.0 Å². The predicted molar refractivity (Wildman–Crippen MR) is 133 cm³/mol. The third kappa shape index (κ3) is 4.56. The molecule has 1 fully saturated rings. The van der Waals surface area contributed by atoms with Gasteiger partial charge < -0.3 is 20.2 Å². The van der Waals surface area contributed by atoms with Gasteiger partial charge in [0, 0.05) is 54.8 Å². The van der Waals surface area contributed by atoms with Crippen LogP contribution in [0.25, 0.3) is 21.9 Å². The van der Waals surface area contributed by atoms with Crippen LogP contribution in [-0.2, 0) is 6.54 Å². The molecule has 0 aliphatic carbocycles. The lowest BCUT2D eigenvalue weighted by molar-refractivity contribution is 0.133. The Morgan fingerprint density at radius 2 is 1.97 bits per heavy atom. The first-order chi connectivity index (χ1) is 16.0. The number of nitrogens with zero attached hydrogens (tertiary/aromatic N) is 3. The van der Waals surface area contributed by atoms with Crippen molar-refractivity contribution in [2.45, 2.75) is 32.9 Å². The quantitative estimate of drug-likeness (QED) is 0.389. The number of carbonyl (C=O) groups excluding carboxylic acids is 1. The maximum absolute atomic E-state index is 13.0. The van der Waals surface area contributed by atoms with Crippen LogP contribution in [0.2, 0.25) is 5.02 Å². The average molecular weight is 465 g/mol. The third-order valence-corrected chi connectivity index (χ3v) is 6.71. The number of nitrogens with one attached hydrogen (secondary N) is 3. The normalized spacial score (nSPS) is 15.9. The lowest BCUT2D eigenvalue weighted by Gasteiger charge is -2.35. The van der Waals surface area contributed by atoms with Crippen LogP contribution in [0.4, 0.5) is 4.79 Å². The molecule has 2 amide bonds. The number of rotatable bonds is 5. The number of fused-ring (bicyclic) bond motifs is 2. The molecule has 1 unspecified atom stereocenters. The summed E-state index contributed by atoms with van der Waals surface area (Å²) in [6.45, 7) is 8.03. The van der Waals surface area contributed by atoms with E-state index < -0.39 is 0 Å². The second-order valence-electron chi connectivity index (χ2n) is 8.82. The molecule has 5 rings (SSSR count). The molecule has 33 heavy (non-hydrogen) atoms. The maximum Gasteiger partial charge on any atom is 0.318 e. The molecule has 1 aliphatic rings. The van der Waals surface area contributed by atoms with Crippen LogP contribution < -0.4 is 5.32 Å². The number of aromatic nitrogens is 3. The molecule has 0 saturated carbocycles. The first-order valence-electron chi connectivity index (χ1n) is 11.5. The van der Waals surface area contributed by atoms with Crippen molar-refractivity contribution in [3.8, 4) is 0 Å². The van der Waals surface area contributed by atoms with Crippen molar-refractivity contribution in [3.05, 3.63) is 64.6 Å². The molecule has 0 spiro atoms. The SMILES string of the molecule is CCC(NC(=O)N1CCN(Cc2c[nH]c3ccc(Cl)cc23)CC1)c1nc2ccc(C)cc2[nH]1. The summed E-state index contributed by atoms with van der Waals surface area (Å²) >= 11 is 6.19. The number of imidazole rings is 1. The average Bonchev–Trinajstić information content (AvgIpc) is 3.41. The lowest BCUT2D eigenvalue weighted by Crippen LogP contribution is -2.52. The van der Waals surface area contributed by atoms with Gasteiger partial charge in [-0.15, -0.1) is 0 Å². The standard InChI is InChI=1S/C25H29ClN6O/c1-3-20(24-28-22-6-4-16(2)12-23(22)29-24)30-25(33)32-10-8-31(9-11-32)15-17-14-27-21-7-5-18(26)13-19(17)21/h4-7,12-14,20,27H,3,8-11,15H2,1-2H3,(H,28,29)(H,30,33). The summed E-state index contributed by atoms with van der Waals surface area (Å²) < 4.78 is 0. The Bertz CT molecular complexity index is 1290. The van der Waals surface area contributed by atoms with Gasteiger partial charge in [-0.25, -0.2) is 9.78 Å². The number of H-pyrrole nitrogens is 2. The number of aromatic amines is 2. The highest BCUT2D eigenvalue weighted by Crippen LogP contribution is 2.24. The second-order valence-corrected chi connectivity index (χ2v) is 9.26. The minimum atomic E-state index is -0.140. The van der Waals surface area contributed by atoms with Gasteiger partial charge in [-0.05, 0) is 54.8 Å². The number of aryl methyl sites for hydroxylation is 1. The number of amides is 2. The highest BCUT2D eigenvalue weighted by atomic mass is 35.5. The van der Waals surface area contributed by atoms with Crippen LogP contribution in [0.1, 0.15) is 36.3 Å². The van der Waals surface area contributed by atoms with E-state index >= 15 is 0 Å². The van der Waals surface area contributed by atoms with Crippen LogP contribution in [0, 0.1) is 6.92 Å². The fourth-order valence-electron chi connectivity index (χ4n) is 4.54. The highest BCUT2D eigenvalue weighted by molar-refractivity contribution is 6.31. The minimum absolute atomic E-state index is 0.0305.